The quantitative estimate of drug-likeness (QED) is 0.657. The topological polar surface area (TPSA) is 102 Å². The van der Waals surface area contributed by atoms with Crippen LogP contribution < -0.4 is 9.47 Å². The van der Waals surface area contributed by atoms with Crippen LogP contribution in [0.25, 0.3) is 0 Å². The minimum atomic E-state index is -0.247. The second kappa shape index (κ2) is 11.8. The molecular formula is C25H37N5O5. The van der Waals surface area contributed by atoms with Crippen molar-refractivity contribution in [1.82, 2.24) is 24.8 Å². The molecule has 10 nitrogen and oxygen atoms in total. The number of carbonyl (C=O) groups is 1. The molecule has 35 heavy (non-hydrogen) atoms. The molecule has 1 N–H and O–H groups in total. The first-order valence-electron chi connectivity index (χ1n) is 12.4. The maximum Gasteiger partial charge on any atom is 0.222 e. The average Bonchev–Trinajstić information content (AvgIpc) is 3.31. The monoisotopic (exact) mass is 487 g/mol. The van der Waals surface area contributed by atoms with Gasteiger partial charge in [-0.05, 0) is 38.1 Å². The van der Waals surface area contributed by atoms with E-state index < -0.39 is 0 Å². The molecule has 0 fully saturated rings. The number of hydrogen-bond acceptors (Lipinski definition) is 8. The molecule has 1 aromatic heterocycles. The number of ether oxygens (including phenoxy) is 3. The first-order valence-corrected chi connectivity index (χ1v) is 12.4. The van der Waals surface area contributed by atoms with E-state index >= 15 is 0 Å². The van der Waals surface area contributed by atoms with Gasteiger partial charge in [-0.25, -0.2) is 0 Å². The Morgan fingerprint density at radius 2 is 2.06 bits per heavy atom. The predicted octanol–water partition coefficient (Wildman–Crippen LogP) is 1.71. The lowest BCUT2D eigenvalue weighted by atomic mass is 10.0. The molecule has 2 bridgehead atoms. The highest BCUT2D eigenvalue weighted by molar-refractivity contribution is 5.76. The molecule has 3 atom stereocenters. The normalized spacial score (nSPS) is 22.3. The van der Waals surface area contributed by atoms with Gasteiger partial charge in [0.15, 0.2) is 11.5 Å². The summed E-state index contributed by atoms with van der Waals surface area (Å²) in [5.74, 6) is 1.66. The highest BCUT2D eigenvalue weighted by Crippen LogP contribution is 2.31. The van der Waals surface area contributed by atoms with Gasteiger partial charge in [0.05, 0.1) is 31.6 Å². The second-order valence-electron chi connectivity index (χ2n) is 9.66. The van der Waals surface area contributed by atoms with E-state index in [0.29, 0.717) is 52.3 Å². The van der Waals surface area contributed by atoms with E-state index in [1.165, 1.54) is 0 Å². The standard InChI is InChI=1S/C25H37N5O5/c1-18-12-30(19(2)16-31)25(32)5-4-8-29-14-21(26-27-29)17-35-24(18)15-28(3)13-20-6-7-22-23(11-20)34-10-9-33-22/h6-7,11,14,18-19,24,31H,4-5,8-10,12-13,15-17H2,1-3H3/t18-,19+,24+/m0/s1. The van der Waals surface area contributed by atoms with Gasteiger partial charge in [0.1, 0.15) is 18.9 Å². The van der Waals surface area contributed by atoms with E-state index in [4.69, 9.17) is 14.2 Å². The van der Waals surface area contributed by atoms with Crippen molar-refractivity contribution in [3.8, 4) is 11.5 Å². The highest BCUT2D eigenvalue weighted by atomic mass is 16.6. The number of likely N-dealkylation sites (N-methyl/N-ethyl adjacent to an activating group) is 1. The Balaban J connectivity index is 1.47. The number of aliphatic hydroxyl groups is 1. The Hall–Kier alpha value is -2.69. The van der Waals surface area contributed by atoms with Crippen molar-refractivity contribution in [2.24, 2.45) is 5.92 Å². The van der Waals surface area contributed by atoms with Gasteiger partial charge in [-0.2, -0.15) is 0 Å². The third-order valence-electron chi connectivity index (χ3n) is 6.60. The lowest BCUT2D eigenvalue weighted by Crippen LogP contribution is -2.47. The lowest BCUT2D eigenvalue weighted by molar-refractivity contribution is -0.136. The van der Waals surface area contributed by atoms with Crippen LogP contribution in [0.5, 0.6) is 11.5 Å². The van der Waals surface area contributed by atoms with Crippen molar-refractivity contribution in [2.75, 3.05) is 40.0 Å². The molecule has 4 rings (SSSR count). The Bertz CT molecular complexity index is 983. The minimum Gasteiger partial charge on any atom is -0.486 e. The Morgan fingerprint density at radius 1 is 1.26 bits per heavy atom. The van der Waals surface area contributed by atoms with Crippen LogP contribution in [0.3, 0.4) is 0 Å². The molecule has 0 unspecified atom stereocenters. The van der Waals surface area contributed by atoms with Crippen LogP contribution in [0, 0.1) is 5.92 Å². The van der Waals surface area contributed by atoms with E-state index in [2.05, 4.69) is 35.2 Å². The summed E-state index contributed by atoms with van der Waals surface area (Å²) >= 11 is 0. The van der Waals surface area contributed by atoms with Crippen LogP contribution in [-0.4, -0.2) is 87.9 Å². The van der Waals surface area contributed by atoms with Gasteiger partial charge in [-0.15, -0.1) is 5.10 Å². The number of benzene rings is 1. The van der Waals surface area contributed by atoms with Crippen molar-refractivity contribution >= 4 is 5.91 Å². The van der Waals surface area contributed by atoms with Gasteiger partial charge in [-0.3, -0.25) is 14.4 Å². The molecule has 1 amide bonds. The number of aliphatic hydroxyl groups excluding tert-OH is 1. The Morgan fingerprint density at radius 3 is 2.86 bits per heavy atom. The van der Waals surface area contributed by atoms with Gasteiger partial charge >= 0.3 is 0 Å². The van der Waals surface area contributed by atoms with Gasteiger partial charge < -0.3 is 24.2 Å². The number of hydrogen-bond donors (Lipinski definition) is 1. The molecule has 2 aliphatic rings. The van der Waals surface area contributed by atoms with E-state index in [0.717, 1.165) is 29.3 Å². The summed E-state index contributed by atoms with van der Waals surface area (Å²) < 4.78 is 19.5. The molecule has 0 saturated heterocycles. The SMILES string of the molecule is C[C@H](CO)N1C[C@H](C)[C@@H](CN(C)Cc2ccc3c(c2)OCCO3)OCc2cn(nn2)CCCC1=O. The number of fused-ring (bicyclic) bond motifs is 3. The summed E-state index contributed by atoms with van der Waals surface area (Å²) in [4.78, 5) is 17.0. The fraction of sp³-hybridized carbons (Fsp3) is 0.640. The smallest absolute Gasteiger partial charge is 0.222 e. The van der Waals surface area contributed by atoms with Crippen LogP contribution in [0.2, 0.25) is 0 Å². The zero-order chi connectivity index (χ0) is 24.8. The molecule has 0 aliphatic carbocycles. The van der Waals surface area contributed by atoms with Gasteiger partial charge in [0, 0.05) is 38.5 Å². The summed E-state index contributed by atoms with van der Waals surface area (Å²) in [5.41, 5.74) is 1.91. The van der Waals surface area contributed by atoms with Crippen molar-refractivity contribution in [3.63, 3.8) is 0 Å². The molecule has 0 radical (unpaired) electrons. The fourth-order valence-electron chi connectivity index (χ4n) is 4.56. The number of nitrogens with zero attached hydrogens (tertiary/aromatic N) is 5. The zero-order valence-electron chi connectivity index (χ0n) is 20.9. The fourth-order valence-corrected chi connectivity index (χ4v) is 4.56. The second-order valence-corrected chi connectivity index (χ2v) is 9.66. The Labute approximate surface area is 206 Å². The predicted molar refractivity (Wildman–Crippen MR) is 129 cm³/mol. The van der Waals surface area contributed by atoms with Gasteiger partial charge in [-0.1, -0.05) is 18.2 Å². The van der Waals surface area contributed by atoms with Gasteiger partial charge in [0.25, 0.3) is 0 Å². The number of aromatic nitrogens is 3. The minimum absolute atomic E-state index is 0.0429. The maximum absolute atomic E-state index is 13.0. The average molecular weight is 488 g/mol. The summed E-state index contributed by atoms with van der Waals surface area (Å²) in [6.45, 7) is 7.94. The van der Waals surface area contributed by atoms with E-state index in [-0.39, 0.29) is 30.6 Å². The zero-order valence-corrected chi connectivity index (χ0v) is 20.9. The number of rotatable bonds is 6. The first kappa shape index (κ1) is 25.4. The summed E-state index contributed by atoms with van der Waals surface area (Å²) in [7, 11) is 2.06. The molecule has 2 aliphatic heterocycles. The maximum atomic E-state index is 13.0. The van der Waals surface area contributed by atoms with Crippen molar-refractivity contribution in [1.29, 1.82) is 0 Å². The molecule has 10 heteroatoms. The number of amides is 1. The number of aryl methyl sites for hydroxylation is 1. The van der Waals surface area contributed by atoms with E-state index in [1.807, 2.05) is 25.3 Å². The third kappa shape index (κ3) is 6.71. The summed E-state index contributed by atoms with van der Waals surface area (Å²) in [5, 5.41) is 18.2. The van der Waals surface area contributed by atoms with E-state index in [1.54, 1.807) is 9.58 Å². The van der Waals surface area contributed by atoms with E-state index in [9.17, 15) is 9.90 Å². The van der Waals surface area contributed by atoms with Crippen LogP contribution in [0.1, 0.15) is 37.9 Å². The van der Waals surface area contributed by atoms with Crippen molar-refractivity contribution in [2.45, 2.75) is 58.5 Å². The molecule has 0 spiro atoms. The molecular weight excluding hydrogens is 450 g/mol. The molecule has 192 valence electrons. The molecule has 1 aromatic carbocycles. The molecule has 0 saturated carbocycles. The number of carbonyl (C=O) groups excluding carboxylic acids is 1. The summed E-state index contributed by atoms with van der Waals surface area (Å²) in [6.07, 6.45) is 2.82. The summed E-state index contributed by atoms with van der Waals surface area (Å²) in [6, 6.07) is 5.80. The van der Waals surface area contributed by atoms with Crippen molar-refractivity contribution in [3.05, 3.63) is 35.7 Å². The van der Waals surface area contributed by atoms with Crippen LogP contribution >= 0.6 is 0 Å². The van der Waals surface area contributed by atoms with Crippen LogP contribution in [0.4, 0.5) is 0 Å². The lowest BCUT2D eigenvalue weighted by Gasteiger charge is -2.35. The van der Waals surface area contributed by atoms with Crippen LogP contribution in [-0.2, 0) is 29.2 Å². The third-order valence-corrected chi connectivity index (χ3v) is 6.60. The van der Waals surface area contributed by atoms with Crippen LogP contribution in [0.15, 0.2) is 24.4 Å². The molecule has 3 heterocycles. The molecule has 2 aromatic rings. The first-order chi connectivity index (χ1) is 16.9. The largest absolute Gasteiger partial charge is 0.486 e. The van der Waals surface area contributed by atoms with Gasteiger partial charge in [0.2, 0.25) is 5.91 Å². The Kier molecular flexibility index (Phi) is 8.59. The van der Waals surface area contributed by atoms with Crippen molar-refractivity contribution < 1.29 is 24.1 Å². The highest BCUT2D eigenvalue weighted by Gasteiger charge is 2.28.